The van der Waals surface area contributed by atoms with Crippen LogP contribution < -0.4 is 5.32 Å². The molecule has 0 aliphatic heterocycles. The molecule has 0 radical (unpaired) electrons. The second kappa shape index (κ2) is 4.85. The van der Waals surface area contributed by atoms with Gasteiger partial charge in [-0.1, -0.05) is 24.6 Å². The molecule has 3 rings (SSSR count). The zero-order valence-corrected chi connectivity index (χ0v) is 11.1. The van der Waals surface area contributed by atoms with Crippen molar-refractivity contribution in [2.24, 2.45) is 0 Å². The molecule has 3 aromatic rings. The summed E-state index contributed by atoms with van der Waals surface area (Å²) in [6.45, 7) is 2.10. The van der Waals surface area contributed by atoms with E-state index in [4.69, 9.17) is 11.6 Å². The Bertz CT molecular complexity index is 705. The number of nitrogens with one attached hydrogen (secondary N) is 1. The van der Waals surface area contributed by atoms with Crippen LogP contribution in [0.2, 0.25) is 5.15 Å². The Hall–Kier alpha value is -2.14. The van der Waals surface area contributed by atoms with Crippen LogP contribution in [-0.2, 0) is 6.42 Å². The van der Waals surface area contributed by atoms with Crippen molar-refractivity contribution in [2.45, 2.75) is 13.3 Å². The van der Waals surface area contributed by atoms with Gasteiger partial charge in [-0.15, -0.1) is 0 Å². The van der Waals surface area contributed by atoms with E-state index in [0.29, 0.717) is 10.8 Å². The predicted octanol–water partition coefficient (Wildman–Crippen LogP) is 3.08. The quantitative estimate of drug-likeness (QED) is 0.797. The Balaban J connectivity index is 1.97. The minimum absolute atomic E-state index is 0.401. The molecule has 0 aromatic carbocycles. The normalized spacial score (nSPS) is 10.8. The van der Waals surface area contributed by atoms with Crippen molar-refractivity contribution in [3.05, 3.63) is 47.5 Å². The number of hydrogen-bond acceptors (Lipinski definition) is 4. The van der Waals surface area contributed by atoms with Crippen LogP contribution in [0, 0.1) is 0 Å². The van der Waals surface area contributed by atoms with Gasteiger partial charge >= 0.3 is 0 Å². The Morgan fingerprint density at radius 3 is 2.95 bits per heavy atom. The molecule has 0 saturated heterocycles. The summed E-state index contributed by atoms with van der Waals surface area (Å²) in [4.78, 5) is 8.60. The van der Waals surface area contributed by atoms with E-state index in [-0.39, 0.29) is 0 Å². The fourth-order valence-electron chi connectivity index (χ4n) is 1.82. The Morgan fingerprint density at radius 1 is 1.32 bits per heavy atom. The molecule has 6 heteroatoms. The molecule has 0 unspecified atom stereocenters. The predicted molar refractivity (Wildman–Crippen MR) is 74.9 cm³/mol. The van der Waals surface area contributed by atoms with Gasteiger partial charge in [0.05, 0.1) is 5.69 Å². The average Bonchev–Trinajstić information content (AvgIpc) is 2.88. The molecule has 0 aliphatic carbocycles. The molecular formula is C13H12ClN5. The summed E-state index contributed by atoms with van der Waals surface area (Å²) in [6.07, 6.45) is 6.25. The van der Waals surface area contributed by atoms with Crippen molar-refractivity contribution in [3.63, 3.8) is 0 Å². The third-order valence-electron chi connectivity index (χ3n) is 2.83. The number of hydrogen-bond donors (Lipinski definition) is 1. The summed E-state index contributed by atoms with van der Waals surface area (Å²) in [5, 5.41) is 7.73. The number of nitrogens with zero attached hydrogens (tertiary/aromatic N) is 4. The molecule has 5 nitrogen and oxygen atoms in total. The highest BCUT2D eigenvalue weighted by Gasteiger charge is 2.06. The lowest BCUT2D eigenvalue weighted by molar-refractivity contribution is 0.937. The van der Waals surface area contributed by atoms with Gasteiger partial charge in [0.25, 0.3) is 0 Å². The van der Waals surface area contributed by atoms with Crippen molar-refractivity contribution < 1.29 is 0 Å². The van der Waals surface area contributed by atoms with Gasteiger partial charge in [0.15, 0.2) is 10.8 Å². The summed E-state index contributed by atoms with van der Waals surface area (Å²) in [7, 11) is 0. The first-order chi connectivity index (χ1) is 9.26. The SMILES string of the molecule is CCc1ccc(Nc2cc(Cl)nn3ccnc23)nc1. The lowest BCUT2D eigenvalue weighted by Gasteiger charge is -2.07. The van der Waals surface area contributed by atoms with Crippen LogP contribution >= 0.6 is 11.6 Å². The third kappa shape index (κ3) is 2.37. The minimum Gasteiger partial charge on any atom is -0.337 e. The number of imidazole rings is 1. The van der Waals surface area contributed by atoms with Gasteiger partial charge in [-0.25, -0.2) is 14.5 Å². The number of fused-ring (bicyclic) bond motifs is 1. The highest BCUT2D eigenvalue weighted by Crippen LogP contribution is 2.22. The van der Waals surface area contributed by atoms with E-state index in [1.807, 2.05) is 18.3 Å². The van der Waals surface area contributed by atoms with E-state index in [9.17, 15) is 0 Å². The molecular weight excluding hydrogens is 262 g/mol. The zero-order chi connectivity index (χ0) is 13.2. The molecule has 19 heavy (non-hydrogen) atoms. The van der Waals surface area contributed by atoms with E-state index in [0.717, 1.165) is 17.9 Å². The van der Waals surface area contributed by atoms with Crippen molar-refractivity contribution >= 4 is 28.8 Å². The molecule has 0 atom stereocenters. The Labute approximate surface area is 115 Å². The molecule has 1 N–H and O–H groups in total. The van der Waals surface area contributed by atoms with Crippen molar-refractivity contribution in [1.82, 2.24) is 19.6 Å². The zero-order valence-electron chi connectivity index (χ0n) is 10.3. The number of halogens is 1. The van der Waals surface area contributed by atoms with Gasteiger partial charge in [-0.05, 0) is 18.1 Å². The average molecular weight is 274 g/mol. The molecule has 0 amide bonds. The second-order valence-corrected chi connectivity index (χ2v) is 4.49. The van der Waals surface area contributed by atoms with Crippen LogP contribution in [0.4, 0.5) is 11.5 Å². The molecule has 0 aliphatic rings. The number of aromatic nitrogens is 4. The van der Waals surface area contributed by atoms with Gasteiger partial charge in [-0.2, -0.15) is 5.10 Å². The first-order valence-corrected chi connectivity index (χ1v) is 6.36. The molecule has 3 heterocycles. The van der Waals surface area contributed by atoms with Gasteiger partial charge in [0.1, 0.15) is 5.82 Å². The number of pyridine rings is 1. The smallest absolute Gasteiger partial charge is 0.177 e. The van der Waals surface area contributed by atoms with Gasteiger partial charge < -0.3 is 5.32 Å². The third-order valence-corrected chi connectivity index (χ3v) is 3.01. The van der Waals surface area contributed by atoms with E-state index in [1.165, 1.54) is 5.56 Å². The standard InChI is InChI=1S/C13H12ClN5/c1-2-9-3-4-12(16-8-9)17-10-7-11(14)18-19-6-5-15-13(10)19/h3-8H,2H2,1H3,(H,16,17). The summed E-state index contributed by atoms with van der Waals surface area (Å²) in [5.41, 5.74) is 2.69. The number of anilines is 2. The fraction of sp³-hybridized carbons (Fsp3) is 0.154. The van der Waals surface area contributed by atoms with Crippen LogP contribution in [0.5, 0.6) is 0 Å². The van der Waals surface area contributed by atoms with E-state index in [2.05, 4.69) is 27.3 Å². The molecule has 0 saturated carbocycles. The minimum atomic E-state index is 0.401. The Morgan fingerprint density at radius 2 is 2.21 bits per heavy atom. The van der Waals surface area contributed by atoms with E-state index >= 15 is 0 Å². The second-order valence-electron chi connectivity index (χ2n) is 4.11. The van der Waals surface area contributed by atoms with Crippen molar-refractivity contribution in [1.29, 1.82) is 0 Å². The van der Waals surface area contributed by atoms with Crippen LogP contribution in [0.1, 0.15) is 12.5 Å². The molecule has 0 fully saturated rings. The monoisotopic (exact) mass is 273 g/mol. The fourth-order valence-corrected chi connectivity index (χ4v) is 2.01. The summed E-state index contributed by atoms with van der Waals surface area (Å²) in [6, 6.07) is 5.72. The van der Waals surface area contributed by atoms with E-state index < -0.39 is 0 Å². The number of rotatable bonds is 3. The maximum atomic E-state index is 5.97. The maximum Gasteiger partial charge on any atom is 0.177 e. The molecule has 0 bridgehead atoms. The maximum absolute atomic E-state index is 5.97. The molecule has 3 aromatic heterocycles. The van der Waals surface area contributed by atoms with Crippen LogP contribution in [0.25, 0.3) is 5.65 Å². The van der Waals surface area contributed by atoms with Crippen molar-refractivity contribution in [3.8, 4) is 0 Å². The van der Waals surface area contributed by atoms with Crippen LogP contribution in [-0.4, -0.2) is 19.6 Å². The lowest BCUT2D eigenvalue weighted by Crippen LogP contribution is -1.99. The van der Waals surface area contributed by atoms with Gasteiger partial charge in [0.2, 0.25) is 0 Å². The largest absolute Gasteiger partial charge is 0.337 e. The highest BCUT2D eigenvalue weighted by molar-refractivity contribution is 6.29. The summed E-state index contributed by atoms with van der Waals surface area (Å²) in [5.74, 6) is 0.754. The van der Waals surface area contributed by atoms with Crippen molar-refractivity contribution in [2.75, 3.05) is 5.32 Å². The molecule has 96 valence electrons. The van der Waals surface area contributed by atoms with E-state index in [1.54, 1.807) is 23.0 Å². The van der Waals surface area contributed by atoms with Crippen LogP contribution in [0.15, 0.2) is 36.8 Å². The number of aryl methyl sites for hydroxylation is 1. The van der Waals surface area contributed by atoms with Gasteiger partial charge in [-0.3, -0.25) is 0 Å². The lowest BCUT2D eigenvalue weighted by atomic mass is 10.2. The summed E-state index contributed by atoms with van der Waals surface area (Å²) < 4.78 is 1.63. The van der Waals surface area contributed by atoms with Crippen LogP contribution in [0.3, 0.4) is 0 Å². The Kier molecular flexibility index (Phi) is 3.05. The molecule has 0 spiro atoms. The first kappa shape index (κ1) is 11.9. The summed E-state index contributed by atoms with van der Waals surface area (Å²) >= 11 is 5.97. The van der Waals surface area contributed by atoms with Gasteiger partial charge in [0, 0.05) is 24.7 Å². The highest BCUT2D eigenvalue weighted by atomic mass is 35.5. The first-order valence-electron chi connectivity index (χ1n) is 5.98. The topological polar surface area (TPSA) is 55.1 Å².